The van der Waals surface area contributed by atoms with Crippen LogP contribution >= 0.6 is 0 Å². The summed E-state index contributed by atoms with van der Waals surface area (Å²) in [7, 11) is 0. The first-order valence-corrected chi connectivity index (χ1v) is 21.7. The van der Waals surface area contributed by atoms with E-state index in [1.165, 1.54) is 21.5 Å². The topological polar surface area (TPSA) is 56.9 Å². The molecule has 300 valence electrons. The van der Waals surface area contributed by atoms with Crippen molar-refractivity contribution >= 4 is 77.0 Å². The number of rotatable bonds is 6. The molecule has 0 aliphatic carbocycles. The van der Waals surface area contributed by atoms with Crippen molar-refractivity contribution in [3.63, 3.8) is 0 Å². The Morgan fingerprint density at radius 2 is 1.09 bits per heavy atom. The van der Waals surface area contributed by atoms with E-state index in [9.17, 15) is 0 Å². The second-order valence-corrected chi connectivity index (χ2v) is 16.5. The van der Waals surface area contributed by atoms with Crippen molar-refractivity contribution in [3.05, 3.63) is 240 Å². The fourth-order valence-corrected chi connectivity index (χ4v) is 9.76. The molecule has 0 amide bonds. The standard InChI is InChI=1S/C59H37N4O/c1-3-16-37(17-4-1)39-23-15-24-43(32-39)58-60-57(38-18-5-2-6-19-38)61-59(62-58)44-30-31-51(63-50-28-13-11-26-46(50)48-33-40-20-7-8-21-41(40)35-52(48)63)49(34-44)55-45-25-10-9-22-42(45)36-54-56(55)47-27-12-14-29-53(47)64-54/h1-36,59H/q-1. The van der Waals surface area contributed by atoms with E-state index in [1.807, 2.05) is 30.3 Å². The molecule has 5 heteroatoms. The Morgan fingerprint density at radius 1 is 0.438 bits per heavy atom. The third-order valence-electron chi connectivity index (χ3n) is 12.7. The van der Waals surface area contributed by atoms with Crippen LogP contribution in [-0.2, 0) is 0 Å². The summed E-state index contributed by atoms with van der Waals surface area (Å²) < 4.78 is 9.14. The molecule has 0 bridgehead atoms. The number of hydrogen-bond acceptors (Lipinski definition) is 3. The Hall–Kier alpha value is -8.54. The average Bonchev–Trinajstić information content (AvgIpc) is 3.90. The third-order valence-corrected chi connectivity index (χ3v) is 12.7. The summed E-state index contributed by atoms with van der Waals surface area (Å²) in [5, 5.41) is 14.6. The molecule has 2 aromatic heterocycles. The summed E-state index contributed by atoms with van der Waals surface area (Å²) in [6.07, 6.45) is -0.579. The van der Waals surface area contributed by atoms with E-state index in [1.54, 1.807) is 0 Å². The van der Waals surface area contributed by atoms with Gasteiger partial charge in [0.2, 0.25) is 0 Å². The number of aromatic nitrogens is 1. The number of furan rings is 1. The van der Waals surface area contributed by atoms with Gasteiger partial charge in [0.15, 0.2) is 0 Å². The lowest BCUT2D eigenvalue weighted by Crippen LogP contribution is -2.16. The molecule has 10 aromatic carbocycles. The molecule has 64 heavy (non-hydrogen) atoms. The quantitative estimate of drug-likeness (QED) is 0.165. The van der Waals surface area contributed by atoms with E-state index in [0.29, 0.717) is 11.7 Å². The van der Waals surface area contributed by atoms with E-state index in [2.05, 4.69) is 193 Å². The van der Waals surface area contributed by atoms with Gasteiger partial charge in [0.25, 0.3) is 0 Å². The van der Waals surface area contributed by atoms with Crippen LogP contribution in [0.25, 0.3) is 98.5 Å². The Bertz CT molecular complexity index is 3880. The highest BCUT2D eigenvalue weighted by atomic mass is 16.3. The van der Waals surface area contributed by atoms with Gasteiger partial charge in [-0.25, -0.2) is 0 Å². The molecule has 1 aliphatic heterocycles. The fraction of sp³-hybridized carbons (Fsp3) is 0.0169. The average molecular weight is 818 g/mol. The van der Waals surface area contributed by atoms with Crippen molar-refractivity contribution in [1.29, 1.82) is 0 Å². The number of hydrogen-bond donors (Lipinski definition) is 0. The molecule has 3 heterocycles. The number of amidine groups is 2. The Labute approximate surface area is 368 Å². The number of para-hydroxylation sites is 2. The van der Waals surface area contributed by atoms with Gasteiger partial charge in [0.05, 0.1) is 28.7 Å². The number of nitrogens with zero attached hydrogens (tertiary/aromatic N) is 4. The molecule has 1 unspecified atom stereocenters. The monoisotopic (exact) mass is 817 g/mol. The second kappa shape index (κ2) is 14.5. The van der Waals surface area contributed by atoms with Crippen molar-refractivity contribution < 1.29 is 4.42 Å². The first-order valence-electron chi connectivity index (χ1n) is 21.7. The van der Waals surface area contributed by atoms with Crippen LogP contribution in [0.1, 0.15) is 22.9 Å². The molecule has 13 rings (SSSR count). The smallest absolute Gasteiger partial charge is 0.136 e. The normalized spacial score (nSPS) is 14.1. The highest BCUT2D eigenvalue weighted by Crippen LogP contribution is 2.47. The Kier molecular flexibility index (Phi) is 8.21. The van der Waals surface area contributed by atoms with Crippen LogP contribution in [0.2, 0.25) is 0 Å². The van der Waals surface area contributed by atoms with Gasteiger partial charge >= 0.3 is 0 Å². The lowest BCUT2D eigenvalue weighted by atomic mass is 9.90. The van der Waals surface area contributed by atoms with E-state index in [-0.39, 0.29) is 0 Å². The van der Waals surface area contributed by atoms with Crippen LogP contribution in [0.15, 0.2) is 233 Å². The zero-order valence-electron chi connectivity index (χ0n) is 34.6. The zero-order chi connectivity index (χ0) is 42.1. The molecule has 0 radical (unpaired) electrons. The zero-order valence-corrected chi connectivity index (χ0v) is 34.6. The summed E-state index contributed by atoms with van der Waals surface area (Å²) in [6, 6.07) is 77.3. The Balaban J connectivity index is 1.10. The molecule has 12 aromatic rings. The maximum Gasteiger partial charge on any atom is 0.136 e. The second-order valence-electron chi connectivity index (χ2n) is 16.5. The van der Waals surface area contributed by atoms with Crippen LogP contribution in [-0.4, -0.2) is 16.2 Å². The molecule has 0 spiro atoms. The maximum absolute atomic E-state index is 6.69. The molecular formula is C59H37N4O-. The minimum Gasteiger partial charge on any atom is -0.456 e. The van der Waals surface area contributed by atoms with Crippen molar-refractivity contribution in [1.82, 2.24) is 4.57 Å². The highest BCUT2D eigenvalue weighted by molar-refractivity contribution is 6.23. The van der Waals surface area contributed by atoms with Crippen LogP contribution in [0, 0.1) is 0 Å². The van der Waals surface area contributed by atoms with Gasteiger partial charge in [-0.05, 0) is 97.9 Å². The lowest BCUT2D eigenvalue weighted by Gasteiger charge is -2.33. The summed E-state index contributed by atoms with van der Waals surface area (Å²) in [6.45, 7) is 0. The summed E-state index contributed by atoms with van der Waals surface area (Å²) >= 11 is 0. The maximum atomic E-state index is 6.69. The summed E-state index contributed by atoms with van der Waals surface area (Å²) in [5.41, 5.74) is 12.3. The minimum absolute atomic E-state index is 0.579. The van der Waals surface area contributed by atoms with Gasteiger partial charge in [-0.3, -0.25) is 4.99 Å². The molecule has 5 nitrogen and oxygen atoms in total. The number of aliphatic imine (C=N–C) groups is 2. The van der Waals surface area contributed by atoms with Crippen molar-refractivity contribution in [2.75, 3.05) is 0 Å². The van der Waals surface area contributed by atoms with Crippen LogP contribution in [0.4, 0.5) is 0 Å². The predicted octanol–water partition coefficient (Wildman–Crippen LogP) is 15.6. The fourth-order valence-electron chi connectivity index (χ4n) is 9.76. The van der Waals surface area contributed by atoms with Crippen molar-refractivity contribution in [2.45, 2.75) is 6.17 Å². The highest BCUT2D eigenvalue weighted by Gasteiger charge is 2.24. The van der Waals surface area contributed by atoms with Gasteiger partial charge in [0.1, 0.15) is 11.2 Å². The van der Waals surface area contributed by atoms with Crippen LogP contribution in [0.3, 0.4) is 0 Å². The van der Waals surface area contributed by atoms with Crippen molar-refractivity contribution in [3.8, 4) is 27.9 Å². The first kappa shape index (κ1) is 36.1. The predicted molar refractivity (Wildman–Crippen MR) is 266 cm³/mol. The first-order chi connectivity index (χ1) is 31.7. The SMILES string of the molecule is c1ccc(C2=NC(c3cccc(-c4ccccc4)c3)=NC(c3ccc(-n4c5ccccc5c5cc6ccccc6cc54)c(-c4c5ccccc5cc5oc6ccccc6c45)c3)[N-]2)cc1. The van der Waals surface area contributed by atoms with E-state index in [0.717, 1.165) is 88.4 Å². The molecule has 0 fully saturated rings. The molecular weight excluding hydrogens is 781 g/mol. The van der Waals surface area contributed by atoms with Crippen molar-refractivity contribution in [2.24, 2.45) is 9.98 Å². The van der Waals surface area contributed by atoms with Crippen LogP contribution in [0.5, 0.6) is 0 Å². The van der Waals surface area contributed by atoms with Gasteiger partial charge < -0.3 is 19.3 Å². The van der Waals surface area contributed by atoms with Gasteiger partial charge in [0, 0.05) is 32.7 Å². The molecule has 1 atom stereocenters. The van der Waals surface area contributed by atoms with Gasteiger partial charge in [-0.1, -0.05) is 176 Å². The summed E-state index contributed by atoms with van der Waals surface area (Å²) in [4.78, 5) is 10.6. The minimum atomic E-state index is -0.579. The largest absolute Gasteiger partial charge is 0.456 e. The van der Waals surface area contributed by atoms with E-state index >= 15 is 0 Å². The Morgan fingerprint density at radius 3 is 1.92 bits per heavy atom. The number of fused-ring (bicyclic) bond motifs is 8. The van der Waals surface area contributed by atoms with E-state index < -0.39 is 6.17 Å². The molecule has 0 saturated carbocycles. The molecule has 0 N–H and O–H groups in total. The van der Waals surface area contributed by atoms with Crippen LogP contribution < -0.4 is 0 Å². The van der Waals surface area contributed by atoms with Gasteiger partial charge in [-0.2, -0.15) is 0 Å². The van der Waals surface area contributed by atoms with E-state index in [4.69, 9.17) is 19.7 Å². The lowest BCUT2D eigenvalue weighted by molar-refractivity contribution is 0.669. The molecule has 1 aliphatic rings. The van der Waals surface area contributed by atoms with Gasteiger partial charge in [-0.15, -0.1) is 0 Å². The number of benzene rings is 10. The molecule has 0 saturated heterocycles. The third kappa shape index (κ3) is 5.86. The summed E-state index contributed by atoms with van der Waals surface area (Å²) in [5.74, 6) is 1.29.